The summed E-state index contributed by atoms with van der Waals surface area (Å²) in [5, 5.41) is 11.8. The molecule has 0 aromatic carbocycles. The molecule has 1 saturated heterocycles. The van der Waals surface area contributed by atoms with Gasteiger partial charge in [-0.2, -0.15) is 0 Å². The Labute approximate surface area is 128 Å². The third-order valence-electron chi connectivity index (χ3n) is 3.19. The molecule has 1 aromatic heterocycles. The number of nitrogens with one attached hydrogen (secondary N) is 2. The molecule has 3 rings (SSSR count). The lowest BCUT2D eigenvalue weighted by Gasteiger charge is -2.48. The van der Waals surface area contributed by atoms with Crippen LogP contribution in [-0.4, -0.2) is 55.0 Å². The Morgan fingerprint density at radius 3 is 2.95 bits per heavy atom. The second-order valence-corrected chi connectivity index (χ2v) is 5.75. The van der Waals surface area contributed by atoms with Gasteiger partial charge in [0.05, 0.1) is 5.75 Å². The van der Waals surface area contributed by atoms with Crippen molar-refractivity contribution in [1.29, 1.82) is 0 Å². The molecule has 2 aliphatic heterocycles. The van der Waals surface area contributed by atoms with Gasteiger partial charge in [-0.1, -0.05) is 0 Å². The Morgan fingerprint density at radius 1 is 1.59 bits per heavy atom. The zero-order chi connectivity index (χ0) is 15.9. The standard InChI is InChI=1S/C12H12N4O5S/c1-5(17)21-6-4-22-10-7(15-12-13-2-3-14-12)9(18)16(10)8(6)11(19)20/h2-3,7,10H,4H2,1H3,(H,19,20)(H2,13,14,15)/t7?,10-/m0/s1. The molecule has 0 spiro atoms. The van der Waals surface area contributed by atoms with Crippen LogP contribution in [0.5, 0.6) is 0 Å². The van der Waals surface area contributed by atoms with Crippen molar-refractivity contribution in [3.63, 3.8) is 0 Å². The van der Waals surface area contributed by atoms with Crippen molar-refractivity contribution in [3.05, 3.63) is 23.8 Å². The lowest BCUT2D eigenvalue weighted by Crippen LogP contribution is -2.67. The van der Waals surface area contributed by atoms with Crippen LogP contribution in [0, 0.1) is 0 Å². The fraction of sp³-hybridized carbons (Fsp3) is 0.333. The van der Waals surface area contributed by atoms with Crippen molar-refractivity contribution in [2.45, 2.75) is 18.3 Å². The predicted octanol–water partition coefficient (Wildman–Crippen LogP) is -0.0354. The first-order valence-corrected chi connectivity index (χ1v) is 7.39. The monoisotopic (exact) mass is 324 g/mol. The Bertz CT molecular complexity index is 671. The van der Waals surface area contributed by atoms with Crippen molar-refractivity contribution in [1.82, 2.24) is 14.9 Å². The van der Waals surface area contributed by atoms with Gasteiger partial charge < -0.3 is 20.1 Å². The summed E-state index contributed by atoms with van der Waals surface area (Å²) in [6.45, 7) is 1.18. The van der Waals surface area contributed by atoms with Crippen LogP contribution in [0.2, 0.25) is 0 Å². The number of anilines is 1. The van der Waals surface area contributed by atoms with E-state index in [9.17, 15) is 19.5 Å². The fourth-order valence-electron chi connectivity index (χ4n) is 2.33. The van der Waals surface area contributed by atoms with Crippen LogP contribution >= 0.6 is 11.8 Å². The number of fused-ring (bicyclic) bond motifs is 1. The maximum absolute atomic E-state index is 12.2. The number of thioether (sulfide) groups is 1. The topological polar surface area (TPSA) is 125 Å². The van der Waals surface area contributed by atoms with Crippen LogP contribution in [-0.2, 0) is 19.1 Å². The number of imidazole rings is 1. The molecule has 0 saturated carbocycles. The maximum atomic E-state index is 12.2. The molecule has 1 aromatic rings. The van der Waals surface area contributed by atoms with Crippen molar-refractivity contribution in [2.24, 2.45) is 0 Å². The summed E-state index contributed by atoms with van der Waals surface area (Å²) in [4.78, 5) is 42.6. The van der Waals surface area contributed by atoms with Crippen molar-refractivity contribution in [3.8, 4) is 0 Å². The number of aliphatic carboxylic acids is 1. The third kappa shape index (κ3) is 2.30. The summed E-state index contributed by atoms with van der Waals surface area (Å²) in [6.07, 6.45) is 3.15. The van der Waals surface area contributed by atoms with Gasteiger partial charge in [-0.3, -0.25) is 14.5 Å². The minimum absolute atomic E-state index is 0.00829. The molecule has 1 amide bonds. The number of hydrogen-bond acceptors (Lipinski definition) is 7. The van der Waals surface area contributed by atoms with Gasteiger partial charge in [-0.15, -0.1) is 11.8 Å². The van der Waals surface area contributed by atoms with Crippen LogP contribution < -0.4 is 5.32 Å². The fourth-order valence-corrected chi connectivity index (χ4v) is 3.59. The smallest absolute Gasteiger partial charge is 0.356 e. The number of esters is 1. The summed E-state index contributed by atoms with van der Waals surface area (Å²) in [7, 11) is 0. The van der Waals surface area contributed by atoms with Gasteiger partial charge in [-0.05, 0) is 0 Å². The van der Waals surface area contributed by atoms with E-state index in [0.29, 0.717) is 5.95 Å². The van der Waals surface area contributed by atoms with E-state index in [1.54, 1.807) is 12.4 Å². The number of carbonyl (C=O) groups excluding carboxylic acids is 2. The quantitative estimate of drug-likeness (QED) is 0.521. The van der Waals surface area contributed by atoms with E-state index in [0.717, 1.165) is 4.90 Å². The number of amides is 1. The zero-order valence-corrected chi connectivity index (χ0v) is 12.2. The molecule has 116 valence electrons. The van der Waals surface area contributed by atoms with Gasteiger partial charge in [0.15, 0.2) is 5.70 Å². The van der Waals surface area contributed by atoms with Gasteiger partial charge in [0.2, 0.25) is 5.95 Å². The van der Waals surface area contributed by atoms with Crippen LogP contribution in [0.1, 0.15) is 6.92 Å². The zero-order valence-electron chi connectivity index (χ0n) is 11.4. The summed E-state index contributed by atoms with van der Waals surface area (Å²) in [6, 6.07) is -0.579. The minimum Gasteiger partial charge on any atom is -0.476 e. The van der Waals surface area contributed by atoms with Crippen molar-refractivity contribution >= 4 is 35.6 Å². The normalized spacial score (nSPS) is 23.7. The number of carbonyl (C=O) groups is 3. The molecule has 2 atom stereocenters. The summed E-state index contributed by atoms with van der Waals surface area (Å²) >= 11 is 1.32. The van der Waals surface area contributed by atoms with Crippen molar-refractivity contribution in [2.75, 3.05) is 11.1 Å². The minimum atomic E-state index is -1.30. The predicted molar refractivity (Wildman–Crippen MR) is 75.5 cm³/mol. The first-order chi connectivity index (χ1) is 10.5. The SMILES string of the molecule is CC(=O)OC1=C(C(=O)O)N2C(=O)C(Nc3ncc[nH]3)[C@@H]2SC1. The molecule has 0 bridgehead atoms. The Kier molecular flexibility index (Phi) is 3.53. The summed E-state index contributed by atoms with van der Waals surface area (Å²) in [5.74, 6) is -1.70. The van der Waals surface area contributed by atoms with Crippen LogP contribution in [0.25, 0.3) is 0 Å². The number of aromatic nitrogens is 2. The van der Waals surface area contributed by atoms with E-state index in [4.69, 9.17) is 4.74 Å². The number of aromatic amines is 1. The lowest BCUT2D eigenvalue weighted by atomic mass is 10.1. The van der Waals surface area contributed by atoms with E-state index in [-0.39, 0.29) is 22.6 Å². The molecule has 2 aliphatic rings. The number of nitrogens with zero attached hydrogens (tertiary/aromatic N) is 2. The van der Waals surface area contributed by atoms with Gasteiger partial charge in [0, 0.05) is 19.3 Å². The molecular formula is C12H12N4O5S. The average Bonchev–Trinajstić information content (AvgIpc) is 2.96. The molecule has 1 unspecified atom stereocenters. The van der Waals surface area contributed by atoms with E-state index in [2.05, 4.69) is 15.3 Å². The summed E-state index contributed by atoms with van der Waals surface area (Å²) in [5.41, 5.74) is -0.276. The Morgan fingerprint density at radius 2 is 2.36 bits per heavy atom. The number of hydrogen-bond donors (Lipinski definition) is 3. The average molecular weight is 324 g/mol. The van der Waals surface area contributed by atoms with Crippen molar-refractivity contribution < 1.29 is 24.2 Å². The van der Waals surface area contributed by atoms with E-state index in [1.807, 2.05) is 0 Å². The van der Waals surface area contributed by atoms with E-state index >= 15 is 0 Å². The number of carboxylic acids is 1. The van der Waals surface area contributed by atoms with Crippen LogP contribution in [0.3, 0.4) is 0 Å². The van der Waals surface area contributed by atoms with Gasteiger partial charge in [-0.25, -0.2) is 9.78 Å². The molecule has 22 heavy (non-hydrogen) atoms. The molecular weight excluding hydrogens is 312 g/mol. The molecule has 0 radical (unpaired) electrons. The van der Waals surface area contributed by atoms with Gasteiger partial charge in [0.25, 0.3) is 5.91 Å². The molecule has 9 nitrogen and oxygen atoms in total. The highest BCUT2D eigenvalue weighted by molar-refractivity contribution is 8.00. The molecule has 3 N–H and O–H groups in total. The highest BCUT2D eigenvalue weighted by atomic mass is 32.2. The highest BCUT2D eigenvalue weighted by Crippen LogP contribution is 2.41. The second kappa shape index (κ2) is 5.37. The second-order valence-electron chi connectivity index (χ2n) is 4.64. The highest BCUT2D eigenvalue weighted by Gasteiger charge is 2.54. The number of H-pyrrole nitrogens is 1. The summed E-state index contributed by atoms with van der Waals surface area (Å²) < 4.78 is 4.91. The molecule has 1 fully saturated rings. The molecule has 0 aliphatic carbocycles. The number of rotatable bonds is 4. The Balaban J connectivity index is 1.84. The van der Waals surface area contributed by atoms with Gasteiger partial charge in [0.1, 0.15) is 17.2 Å². The molecule has 10 heteroatoms. The van der Waals surface area contributed by atoms with Crippen LogP contribution in [0.4, 0.5) is 5.95 Å². The van der Waals surface area contributed by atoms with E-state index < -0.39 is 23.9 Å². The third-order valence-corrected chi connectivity index (χ3v) is 4.45. The Hall–Kier alpha value is -2.49. The van der Waals surface area contributed by atoms with Crippen LogP contribution in [0.15, 0.2) is 23.8 Å². The first kappa shape index (κ1) is 14.4. The first-order valence-electron chi connectivity index (χ1n) is 6.34. The van der Waals surface area contributed by atoms with Gasteiger partial charge >= 0.3 is 11.9 Å². The number of ether oxygens (including phenoxy) is 1. The lowest BCUT2D eigenvalue weighted by molar-refractivity contribution is -0.148. The van der Waals surface area contributed by atoms with E-state index in [1.165, 1.54) is 18.7 Å². The molecule has 3 heterocycles. The number of β-lactam (4-membered cyclic amide) rings is 1. The largest absolute Gasteiger partial charge is 0.476 e. The maximum Gasteiger partial charge on any atom is 0.356 e. The number of carboxylic acid groups (broad SMARTS) is 1.